The van der Waals surface area contributed by atoms with Crippen molar-refractivity contribution < 1.29 is 18.1 Å². The van der Waals surface area contributed by atoms with Crippen LogP contribution in [0.5, 0.6) is 0 Å². The number of anilines is 1. The molecular formula is C27H28N6O5S2. The molecule has 2 aliphatic rings. The zero-order valence-electron chi connectivity index (χ0n) is 21.4. The summed E-state index contributed by atoms with van der Waals surface area (Å²) in [6, 6.07) is 18.8. The van der Waals surface area contributed by atoms with Crippen LogP contribution in [-0.4, -0.2) is 41.3 Å². The van der Waals surface area contributed by atoms with Gasteiger partial charge in [0, 0.05) is 12.6 Å². The number of amides is 1. The van der Waals surface area contributed by atoms with Crippen molar-refractivity contribution in [2.45, 2.75) is 42.7 Å². The number of carbonyl (C=O) groups is 1. The number of hydrazine groups is 1. The number of carbonyl (C=O) groups excluding carboxylic acids is 1. The van der Waals surface area contributed by atoms with Gasteiger partial charge in [0.1, 0.15) is 11.7 Å². The van der Waals surface area contributed by atoms with Gasteiger partial charge in [0.15, 0.2) is 5.11 Å². The van der Waals surface area contributed by atoms with E-state index in [9.17, 15) is 23.3 Å². The SMILES string of the molecule is NC(=O)[C@@H]1CCCN1S(=O)(=O)c1ccc(NNC(=S)NC2Cc3ccccc3Cc3ccccc32)c([N+](=O)[O-])c1. The van der Waals surface area contributed by atoms with Gasteiger partial charge in [0.25, 0.3) is 5.69 Å². The Bertz CT molecular complexity index is 1600. The minimum atomic E-state index is -4.17. The van der Waals surface area contributed by atoms with Gasteiger partial charge in [-0.25, -0.2) is 8.42 Å². The molecule has 1 aliphatic heterocycles. The average molecular weight is 581 g/mol. The summed E-state index contributed by atoms with van der Waals surface area (Å²) in [5, 5.41) is 15.4. The number of thiocarbonyl (C=S) groups is 1. The van der Waals surface area contributed by atoms with Crippen LogP contribution >= 0.6 is 12.2 Å². The molecule has 1 unspecified atom stereocenters. The number of benzene rings is 3. The quantitative estimate of drug-likeness (QED) is 0.187. The molecule has 3 aromatic carbocycles. The van der Waals surface area contributed by atoms with Gasteiger partial charge >= 0.3 is 0 Å². The molecule has 1 fully saturated rings. The van der Waals surface area contributed by atoms with Crippen LogP contribution in [0.4, 0.5) is 11.4 Å². The smallest absolute Gasteiger partial charge is 0.295 e. The van der Waals surface area contributed by atoms with Gasteiger partial charge in [-0.15, -0.1) is 0 Å². The van der Waals surface area contributed by atoms with Gasteiger partial charge in [0.05, 0.1) is 15.9 Å². The maximum atomic E-state index is 13.2. The van der Waals surface area contributed by atoms with Crippen molar-refractivity contribution in [3.8, 4) is 0 Å². The predicted molar refractivity (Wildman–Crippen MR) is 154 cm³/mol. The second-order valence-corrected chi connectivity index (χ2v) is 12.0. The molecule has 0 bridgehead atoms. The Kier molecular flexibility index (Phi) is 7.70. The predicted octanol–water partition coefficient (Wildman–Crippen LogP) is 2.91. The van der Waals surface area contributed by atoms with Gasteiger partial charge in [-0.3, -0.25) is 25.8 Å². The number of nitro benzene ring substituents is 1. The van der Waals surface area contributed by atoms with Gasteiger partial charge in [0.2, 0.25) is 15.9 Å². The summed E-state index contributed by atoms with van der Waals surface area (Å²) < 4.78 is 27.3. The molecule has 1 amide bonds. The molecule has 5 rings (SSSR count). The Morgan fingerprint density at radius 1 is 1.05 bits per heavy atom. The highest BCUT2D eigenvalue weighted by Crippen LogP contribution is 2.32. The Hall–Kier alpha value is -4.07. The molecule has 0 saturated carbocycles. The summed E-state index contributed by atoms with van der Waals surface area (Å²) in [6.45, 7) is 0.111. The first-order chi connectivity index (χ1) is 19.1. The van der Waals surface area contributed by atoms with Crippen LogP contribution in [0.1, 0.15) is 41.1 Å². The summed E-state index contributed by atoms with van der Waals surface area (Å²) in [5.41, 5.74) is 15.2. The van der Waals surface area contributed by atoms with E-state index in [1.165, 1.54) is 28.8 Å². The van der Waals surface area contributed by atoms with Crippen LogP contribution in [0.25, 0.3) is 0 Å². The first kappa shape index (κ1) is 27.5. The zero-order valence-corrected chi connectivity index (χ0v) is 23.0. The molecule has 3 aromatic rings. The van der Waals surface area contributed by atoms with Crippen molar-refractivity contribution in [3.05, 3.63) is 99.1 Å². The second-order valence-electron chi connectivity index (χ2n) is 9.74. The second kappa shape index (κ2) is 11.2. The average Bonchev–Trinajstić information content (AvgIpc) is 3.39. The van der Waals surface area contributed by atoms with Crippen molar-refractivity contribution in [2.75, 3.05) is 12.0 Å². The molecule has 2 atom stereocenters. The first-order valence-electron chi connectivity index (χ1n) is 12.7. The lowest BCUT2D eigenvalue weighted by Gasteiger charge is -2.23. The molecule has 13 heteroatoms. The van der Waals surface area contributed by atoms with Crippen LogP contribution < -0.4 is 21.9 Å². The Morgan fingerprint density at radius 2 is 1.75 bits per heavy atom. The summed E-state index contributed by atoms with van der Waals surface area (Å²) in [4.78, 5) is 22.6. The lowest BCUT2D eigenvalue weighted by Crippen LogP contribution is -2.43. The van der Waals surface area contributed by atoms with Crippen LogP contribution in [0, 0.1) is 10.1 Å². The van der Waals surface area contributed by atoms with E-state index in [2.05, 4.69) is 40.4 Å². The summed E-state index contributed by atoms with van der Waals surface area (Å²) in [6.07, 6.45) is 2.29. The number of nitro groups is 1. The van der Waals surface area contributed by atoms with Crippen LogP contribution in [0.15, 0.2) is 71.6 Å². The van der Waals surface area contributed by atoms with E-state index in [0.29, 0.717) is 19.3 Å². The van der Waals surface area contributed by atoms with E-state index in [4.69, 9.17) is 18.0 Å². The molecule has 1 saturated heterocycles. The van der Waals surface area contributed by atoms with Crippen molar-refractivity contribution >= 4 is 44.6 Å². The van der Waals surface area contributed by atoms with E-state index in [1.54, 1.807) is 0 Å². The van der Waals surface area contributed by atoms with Crippen molar-refractivity contribution in [1.29, 1.82) is 0 Å². The standard InChI is InChI=1S/C27H28N6O5S2/c28-26(34)24-10-5-13-32(24)40(37,38)20-11-12-22(25(16-20)33(35)36)30-31-27(39)29-23-15-18-7-2-1-6-17(18)14-19-8-3-4-9-21(19)23/h1-4,6-9,11-12,16,23-24,30H,5,10,13-15H2,(H2,28,34)(H2,29,31,39)/t23?,24-/m0/s1. The fourth-order valence-electron chi connectivity index (χ4n) is 5.32. The lowest BCUT2D eigenvalue weighted by atomic mass is 9.98. The number of nitrogens with one attached hydrogen (secondary N) is 3. The van der Waals surface area contributed by atoms with Crippen molar-refractivity contribution in [1.82, 2.24) is 15.0 Å². The van der Waals surface area contributed by atoms with Crippen molar-refractivity contribution in [3.63, 3.8) is 0 Å². The third-order valence-electron chi connectivity index (χ3n) is 7.27. The molecule has 5 N–H and O–H groups in total. The Balaban J connectivity index is 1.32. The van der Waals surface area contributed by atoms with Crippen LogP contribution in [0.2, 0.25) is 0 Å². The molecule has 40 heavy (non-hydrogen) atoms. The number of primary amides is 1. The number of nitrogens with two attached hydrogens (primary N) is 1. The first-order valence-corrected chi connectivity index (χ1v) is 14.6. The minimum Gasteiger partial charge on any atom is -0.368 e. The minimum absolute atomic E-state index is 0.0209. The van der Waals surface area contributed by atoms with Gasteiger partial charge in [-0.05, 0) is 72.3 Å². The number of hydrogen-bond acceptors (Lipinski definition) is 7. The number of fused-ring (bicyclic) bond motifs is 2. The number of hydrogen-bond donors (Lipinski definition) is 4. The molecule has 0 aromatic heterocycles. The summed E-state index contributed by atoms with van der Waals surface area (Å²) in [7, 11) is -4.17. The fourth-order valence-corrected chi connectivity index (χ4v) is 7.20. The maximum absolute atomic E-state index is 13.2. The maximum Gasteiger partial charge on any atom is 0.295 e. The number of rotatable bonds is 7. The fraction of sp³-hybridized carbons (Fsp3) is 0.259. The normalized spacial score (nSPS) is 18.6. The monoisotopic (exact) mass is 580 g/mol. The Morgan fingerprint density at radius 3 is 2.48 bits per heavy atom. The molecule has 11 nitrogen and oxygen atoms in total. The van der Waals surface area contributed by atoms with Crippen molar-refractivity contribution in [2.24, 2.45) is 5.73 Å². The van der Waals surface area contributed by atoms with Gasteiger partial charge < -0.3 is 11.1 Å². The highest BCUT2D eigenvalue weighted by Gasteiger charge is 2.39. The van der Waals surface area contributed by atoms with Gasteiger partial charge in [-0.2, -0.15) is 4.31 Å². The van der Waals surface area contributed by atoms with E-state index >= 15 is 0 Å². The zero-order chi connectivity index (χ0) is 28.4. The highest BCUT2D eigenvalue weighted by atomic mass is 32.2. The van der Waals surface area contributed by atoms with Crippen LogP contribution in [-0.2, 0) is 27.7 Å². The van der Waals surface area contributed by atoms with E-state index in [0.717, 1.165) is 22.4 Å². The van der Waals surface area contributed by atoms with E-state index < -0.39 is 32.6 Å². The molecule has 0 radical (unpaired) electrons. The molecule has 0 spiro atoms. The highest BCUT2D eigenvalue weighted by molar-refractivity contribution is 7.89. The number of sulfonamides is 1. The summed E-state index contributed by atoms with van der Waals surface area (Å²) in [5.74, 6) is -0.751. The summed E-state index contributed by atoms with van der Waals surface area (Å²) >= 11 is 5.51. The largest absolute Gasteiger partial charge is 0.368 e. The number of nitrogens with zero attached hydrogens (tertiary/aromatic N) is 2. The Labute approximate surface area is 236 Å². The third-order valence-corrected chi connectivity index (χ3v) is 9.40. The molecule has 1 aliphatic carbocycles. The van der Waals surface area contributed by atoms with E-state index in [-0.39, 0.29) is 28.3 Å². The van der Waals surface area contributed by atoms with E-state index in [1.807, 2.05) is 24.3 Å². The molecule has 1 heterocycles. The third kappa shape index (κ3) is 5.48. The molecule has 208 valence electrons. The van der Waals surface area contributed by atoms with Gasteiger partial charge in [-0.1, -0.05) is 48.5 Å². The molecular weight excluding hydrogens is 552 g/mol. The van der Waals surface area contributed by atoms with Crippen LogP contribution in [0.3, 0.4) is 0 Å². The topological polar surface area (TPSA) is 160 Å². The lowest BCUT2D eigenvalue weighted by molar-refractivity contribution is -0.384.